The summed E-state index contributed by atoms with van der Waals surface area (Å²) < 4.78 is 2.22. The molecule has 0 N–H and O–H groups in total. The molecule has 0 radical (unpaired) electrons. The van der Waals surface area contributed by atoms with Crippen LogP contribution in [-0.4, -0.2) is 0 Å². The molecule has 0 saturated heterocycles. The standard InChI is InChI=1S/C33H37ClN/c1-3-29(31-10-6-4-7-11-31)23-33(32-18-12-27(24-34)13-19-32)22-26(2)30-16-14-28(15-17-30)25-35-20-8-5-9-21-35/h4-21,26,29,33H,3,22-25H2,1-2H3/q+1. The van der Waals surface area contributed by atoms with Crippen molar-refractivity contribution in [2.24, 2.45) is 0 Å². The second kappa shape index (κ2) is 12.7. The summed E-state index contributed by atoms with van der Waals surface area (Å²) in [5.74, 6) is 2.11. The van der Waals surface area contributed by atoms with Gasteiger partial charge in [-0.15, -0.1) is 11.6 Å². The highest BCUT2D eigenvalue weighted by atomic mass is 35.5. The average Bonchev–Trinajstić information content (AvgIpc) is 2.92. The van der Waals surface area contributed by atoms with E-state index < -0.39 is 0 Å². The van der Waals surface area contributed by atoms with E-state index >= 15 is 0 Å². The summed E-state index contributed by atoms with van der Waals surface area (Å²) in [6, 6.07) is 35.4. The molecule has 35 heavy (non-hydrogen) atoms. The maximum atomic E-state index is 6.07. The third-order valence-corrected chi connectivity index (χ3v) is 7.58. The van der Waals surface area contributed by atoms with Gasteiger partial charge in [0.05, 0.1) is 0 Å². The lowest BCUT2D eigenvalue weighted by atomic mass is 9.78. The van der Waals surface area contributed by atoms with E-state index in [2.05, 4.69) is 128 Å². The van der Waals surface area contributed by atoms with Crippen LogP contribution in [0.1, 0.15) is 78.7 Å². The van der Waals surface area contributed by atoms with E-state index in [1.165, 1.54) is 27.8 Å². The van der Waals surface area contributed by atoms with Crippen LogP contribution >= 0.6 is 11.6 Å². The smallest absolute Gasteiger partial charge is 0.173 e. The minimum atomic E-state index is 0.486. The lowest BCUT2D eigenvalue weighted by Gasteiger charge is -2.27. The number of hydrogen-bond acceptors (Lipinski definition) is 0. The highest BCUT2D eigenvalue weighted by molar-refractivity contribution is 6.17. The molecule has 3 aromatic carbocycles. The third kappa shape index (κ3) is 7.05. The first-order chi connectivity index (χ1) is 17.2. The molecule has 1 nitrogen and oxygen atoms in total. The van der Waals surface area contributed by atoms with Gasteiger partial charge < -0.3 is 0 Å². The number of benzene rings is 3. The first-order valence-electron chi connectivity index (χ1n) is 12.9. The van der Waals surface area contributed by atoms with Crippen LogP contribution in [0.5, 0.6) is 0 Å². The Morgan fingerprint density at radius 1 is 0.629 bits per heavy atom. The predicted octanol–water partition coefficient (Wildman–Crippen LogP) is 8.62. The van der Waals surface area contributed by atoms with E-state index in [0.29, 0.717) is 23.6 Å². The Morgan fingerprint density at radius 3 is 1.83 bits per heavy atom. The van der Waals surface area contributed by atoms with Crippen LogP contribution in [0, 0.1) is 0 Å². The fraction of sp³-hybridized carbons (Fsp3) is 0.303. The van der Waals surface area contributed by atoms with Crippen molar-refractivity contribution < 1.29 is 4.57 Å². The van der Waals surface area contributed by atoms with Crippen molar-refractivity contribution in [2.75, 3.05) is 0 Å². The highest BCUT2D eigenvalue weighted by Gasteiger charge is 2.22. The molecule has 3 atom stereocenters. The molecule has 1 aromatic heterocycles. The zero-order valence-electron chi connectivity index (χ0n) is 21.0. The van der Waals surface area contributed by atoms with Crippen molar-refractivity contribution in [3.63, 3.8) is 0 Å². The molecule has 0 aliphatic heterocycles. The highest BCUT2D eigenvalue weighted by Crippen LogP contribution is 2.38. The van der Waals surface area contributed by atoms with E-state index in [0.717, 1.165) is 25.8 Å². The van der Waals surface area contributed by atoms with Crippen LogP contribution in [0.15, 0.2) is 109 Å². The van der Waals surface area contributed by atoms with Gasteiger partial charge in [0, 0.05) is 23.6 Å². The minimum Gasteiger partial charge on any atom is -0.201 e. The number of nitrogens with zero attached hydrogens (tertiary/aromatic N) is 1. The van der Waals surface area contributed by atoms with Gasteiger partial charge in [-0.25, -0.2) is 4.57 Å². The number of rotatable bonds is 11. The molecule has 2 heteroatoms. The Balaban J connectivity index is 1.51. The molecule has 1 heterocycles. The van der Waals surface area contributed by atoms with E-state index in [9.17, 15) is 0 Å². The van der Waals surface area contributed by atoms with Crippen molar-refractivity contribution in [3.05, 3.63) is 137 Å². The van der Waals surface area contributed by atoms with Crippen molar-refractivity contribution >= 4 is 11.6 Å². The third-order valence-electron chi connectivity index (χ3n) is 7.27. The Kier molecular flexibility index (Phi) is 9.15. The zero-order valence-corrected chi connectivity index (χ0v) is 21.7. The molecular formula is C33H37ClN+. The summed E-state index contributed by atoms with van der Waals surface area (Å²) >= 11 is 6.07. The Hall–Kier alpha value is -2.90. The monoisotopic (exact) mass is 482 g/mol. The van der Waals surface area contributed by atoms with E-state index in [4.69, 9.17) is 11.6 Å². The Bertz CT molecular complexity index is 1140. The summed E-state index contributed by atoms with van der Waals surface area (Å²) in [5.41, 5.74) is 6.82. The van der Waals surface area contributed by atoms with Gasteiger partial charge in [0.25, 0.3) is 0 Å². The lowest BCUT2D eigenvalue weighted by Crippen LogP contribution is -2.32. The van der Waals surface area contributed by atoms with Gasteiger partial charge in [-0.2, -0.15) is 0 Å². The number of halogens is 1. The molecule has 3 unspecified atom stereocenters. The van der Waals surface area contributed by atoms with Gasteiger partial charge in [-0.3, -0.25) is 0 Å². The number of pyridine rings is 1. The van der Waals surface area contributed by atoms with Crippen molar-refractivity contribution in [2.45, 2.75) is 63.3 Å². The van der Waals surface area contributed by atoms with Gasteiger partial charge in [0.2, 0.25) is 0 Å². The number of aromatic nitrogens is 1. The summed E-state index contributed by atoms with van der Waals surface area (Å²) in [4.78, 5) is 0. The molecule has 0 bridgehead atoms. The van der Waals surface area contributed by atoms with Crippen molar-refractivity contribution in [3.8, 4) is 0 Å². The Labute approximate surface area is 216 Å². The number of alkyl halides is 1. The average molecular weight is 483 g/mol. The molecule has 0 amide bonds. The normalized spacial score (nSPS) is 13.8. The van der Waals surface area contributed by atoms with E-state index in [1.807, 2.05) is 0 Å². The van der Waals surface area contributed by atoms with Gasteiger partial charge in [0.15, 0.2) is 18.9 Å². The van der Waals surface area contributed by atoms with Gasteiger partial charge in [0.1, 0.15) is 0 Å². The van der Waals surface area contributed by atoms with Crippen LogP contribution in [0.3, 0.4) is 0 Å². The molecule has 4 aromatic rings. The molecule has 0 aliphatic carbocycles. The largest absolute Gasteiger partial charge is 0.201 e. The summed E-state index contributed by atoms with van der Waals surface area (Å²) in [6.07, 6.45) is 7.69. The molecule has 0 aliphatic rings. The van der Waals surface area contributed by atoms with Gasteiger partial charge >= 0.3 is 0 Å². The van der Waals surface area contributed by atoms with Crippen LogP contribution in [0.2, 0.25) is 0 Å². The minimum absolute atomic E-state index is 0.486. The second-order valence-corrected chi connectivity index (χ2v) is 10.0. The summed E-state index contributed by atoms with van der Waals surface area (Å²) in [5, 5.41) is 0. The SMILES string of the molecule is CCC(CC(CC(C)c1ccc(C[n+]2ccccc2)cc1)c1ccc(CCl)cc1)c1ccccc1. The molecule has 180 valence electrons. The summed E-state index contributed by atoms with van der Waals surface area (Å²) in [7, 11) is 0. The van der Waals surface area contributed by atoms with Crippen LogP contribution in [0.4, 0.5) is 0 Å². The zero-order chi connectivity index (χ0) is 24.5. The second-order valence-electron chi connectivity index (χ2n) is 9.75. The molecule has 0 saturated carbocycles. The van der Waals surface area contributed by atoms with Gasteiger partial charge in [-0.1, -0.05) is 98.8 Å². The number of hydrogen-bond donors (Lipinski definition) is 0. The molecule has 0 spiro atoms. The van der Waals surface area contributed by atoms with Crippen LogP contribution < -0.4 is 4.57 Å². The first-order valence-corrected chi connectivity index (χ1v) is 13.4. The fourth-order valence-electron chi connectivity index (χ4n) is 5.12. The summed E-state index contributed by atoms with van der Waals surface area (Å²) in [6.45, 7) is 5.60. The Morgan fingerprint density at radius 2 is 1.20 bits per heavy atom. The topological polar surface area (TPSA) is 3.88 Å². The van der Waals surface area contributed by atoms with Crippen molar-refractivity contribution in [1.82, 2.24) is 0 Å². The predicted molar refractivity (Wildman–Crippen MR) is 148 cm³/mol. The molecular weight excluding hydrogens is 446 g/mol. The van der Waals surface area contributed by atoms with E-state index in [1.54, 1.807) is 0 Å². The van der Waals surface area contributed by atoms with Gasteiger partial charge in [-0.05, 0) is 59.3 Å². The maximum absolute atomic E-state index is 6.07. The maximum Gasteiger partial charge on any atom is 0.173 e. The van der Waals surface area contributed by atoms with Crippen LogP contribution in [-0.2, 0) is 12.4 Å². The quantitative estimate of drug-likeness (QED) is 0.149. The van der Waals surface area contributed by atoms with E-state index in [-0.39, 0.29) is 0 Å². The van der Waals surface area contributed by atoms with Crippen molar-refractivity contribution in [1.29, 1.82) is 0 Å². The fourth-order valence-corrected chi connectivity index (χ4v) is 5.30. The molecule has 0 fully saturated rings. The molecule has 4 rings (SSSR count). The first kappa shape index (κ1) is 25.2. The van der Waals surface area contributed by atoms with Crippen LogP contribution in [0.25, 0.3) is 0 Å². The lowest BCUT2D eigenvalue weighted by molar-refractivity contribution is -0.688.